The summed E-state index contributed by atoms with van der Waals surface area (Å²) in [5, 5.41) is 2.60. The largest absolute Gasteiger partial charge is 0.457 e. The molecular formula is C74H45NO2S. The second-order valence-corrected chi connectivity index (χ2v) is 21.9. The number of anilines is 3. The molecule has 12 aromatic carbocycles. The van der Waals surface area contributed by atoms with Gasteiger partial charge in [-0.15, -0.1) is 11.3 Å². The van der Waals surface area contributed by atoms with Crippen LogP contribution in [0.25, 0.3) is 64.7 Å². The summed E-state index contributed by atoms with van der Waals surface area (Å²) in [6, 6.07) is 100. The van der Waals surface area contributed by atoms with Gasteiger partial charge in [-0.3, -0.25) is 0 Å². The molecule has 78 heavy (non-hydrogen) atoms. The molecule has 0 fully saturated rings. The van der Waals surface area contributed by atoms with Crippen LogP contribution in [-0.2, 0) is 10.8 Å². The number of hydrogen-bond donors (Lipinski definition) is 0. The van der Waals surface area contributed by atoms with E-state index in [-0.39, 0.29) is 0 Å². The van der Waals surface area contributed by atoms with Gasteiger partial charge in [0.1, 0.15) is 23.0 Å². The first-order valence-corrected chi connectivity index (χ1v) is 27.6. The van der Waals surface area contributed by atoms with E-state index in [9.17, 15) is 0 Å². The molecule has 0 saturated heterocycles. The second-order valence-electron chi connectivity index (χ2n) is 20.9. The number of nitrogens with zero attached hydrogens (tertiary/aromatic N) is 1. The van der Waals surface area contributed by atoms with Crippen molar-refractivity contribution in [2.45, 2.75) is 10.8 Å². The maximum Gasteiger partial charge on any atom is 0.132 e. The number of thiophene rings is 1. The van der Waals surface area contributed by atoms with Crippen molar-refractivity contribution in [1.82, 2.24) is 0 Å². The first-order valence-electron chi connectivity index (χ1n) is 26.8. The highest BCUT2D eigenvalue weighted by Crippen LogP contribution is 2.66. The summed E-state index contributed by atoms with van der Waals surface area (Å²) in [6.45, 7) is 0. The summed E-state index contributed by atoms with van der Waals surface area (Å²) < 4.78 is 16.2. The van der Waals surface area contributed by atoms with Gasteiger partial charge in [0.2, 0.25) is 0 Å². The molecule has 0 bridgehead atoms. The zero-order valence-electron chi connectivity index (χ0n) is 42.2. The van der Waals surface area contributed by atoms with E-state index in [1.165, 1.54) is 81.4 Å². The Morgan fingerprint density at radius 2 is 0.692 bits per heavy atom. The smallest absolute Gasteiger partial charge is 0.132 e. The van der Waals surface area contributed by atoms with Crippen molar-refractivity contribution in [3.63, 3.8) is 0 Å². The first kappa shape index (κ1) is 43.5. The van der Waals surface area contributed by atoms with Gasteiger partial charge in [-0.25, -0.2) is 0 Å². The fourth-order valence-corrected chi connectivity index (χ4v) is 15.5. The van der Waals surface area contributed by atoms with Crippen molar-refractivity contribution < 1.29 is 9.47 Å². The third-order valence-corrected chi connectivity index (χ3v) is 18.5. The Morgan fingerprint density at radius 1 is 0.282 bits per heavy atom. The van der Waals surface area contributed by atoms with E-state index in [4.69, 9.17) is 9.47 Å². The van der Waals surface area contributed by atoms with E-state index in [0.717, 1.165) is 67.9 Å². The van der Waals surface area contributed by atoms with Crippen molar-refractivity contribution in [2.24, 2.45) is 0 Å². The van der Waals surface area contributed by atoms with Crippen LogP contribution in [0.2, 0.25) is 0 Å². The van der Waals surface area contributed by atoms with Gasteiger partial charge in [-0.05, 0) is 110 Å². The van der Waals surface area contributed by atoms with Crippen molar-refractivity contribution in [1.29, 1.82) is 0 Å². The highest BCUT2D eigenvalue weighted by atomic mass is 32.1. The van der Waals surface area contributed by atoms with Gasteiger partial charge in [-0.1, -0.05) is 218 Å². The Balaban J connectivity index is 0.935. The van der Waals surface area contributed by atoms with Gasteiger partial charge < -0.3 is 14.4 Å². The summed E-state index contributed by atoms with van der Waals surface area (Å²) in [7, 11) is 0. The SMILES string of the molecule is c1ccc2c(c1)Oc1ccccc1C21c2ccccc2-c2c(-c3ccccc3N(c3ccc(-c4cccc5c4sc4ccccc45)cc3)c3cccc4c3-c3ccccc3C43c4ccccc4Oc4ccccc43)cccc21. The van der Waals surface area contributed by atoms with Crippen molar-refractivity contribution in [3.05, 3.63) is 317 Å². The van der Waals surface area contributed by atoms with Crippen LogP contribution < -0.4 is 14.4 Å². The Kier molecular flexibility index (Phi) is 9.14. The third kappa shape index (κ3) is 5.71. The zero-order chi connectivity index (χ0) is 51.1. The van der Waals surface area contributed by atoms with E-state index in [0.29, 0.717) is 0 Å². The van der Waals surface area contributed by atoms with Gasteiger partial charge >= 0.3 is 0 Å². The quantitative estimate of drug-likeness (QED) is 0.171. The van der Waals surface area contributed by atoms with E-state index >= 15 is 0 Å². The van der Waals surface area contributed by atoms with E-state index in [1.54, 1.807) is 0 Å². The molecule has 0 saturated carbocycles. The maximum atomic E-state index is 6.79. The van der Waals surface area contributed by atoms with Crippen LogP contribution in [0.5, 0.6) is 23.0 Å². The lowest BCUT2D eigenvalue weighted by Crippen LogP contribution is -2.32. The topological polar surface area (TPSA) is 21.7 Å². The normalized spacial score (nSPS) is 14.1. The summed E-state index contributed by atoms with van der Waals surface area (Å²) in [5.74, 6) is 3.52. The molecule has 17 rings (SSSR count). The predicted octanol–water partition coefficient (Wildman–Crippen LogP) is 19.8. The van der Waals surface area contributed by atoms with E-state index in [2.05, 4.69) is 278 Å². The van der Waals surface area contributed by atoms with Crippen molar-refractivity contribution in [3.8, 4) is 67.5 Å². The molecule has 0 atom stereocenters. The van der Waals surface area contributed by atoms with Crippen LogP contribution in [0, 0.1) is 0 Å². The minimum atomic E-state index is -0.639. The van der Waals surface area contributed by atoms with Crippen LogP contribution in [0.1, 0.15) is 44.5 Å². The summed E-state index contributed by atoms with van der Waals surface area (Å²) >= 11 is 1.87. The van der Waals surface area contributed by atoms with Gasteiger partial charge in [0.25, 0.3) is 0 Å². The molecule has 13 aromatic rings. The second kappa shape index (κ2) is 16.4. The van der Waals surface area contributed by atoms with E-state index < -0.39 is 10.8 Å². The average Bonchev–Trinajstić information content (AvgIpc) is 4.23. The molecule has 0 radical (unpaired) electrons. The molecule has 0 unspecified atom stereocenters. The standard InChI is InChI=1S/C74H45NO2S/c1-5-27-55-53(22-1)70-51(25-18-33-61(70)73(55)57-29-7-12-37-65(57)76-66-38-13-8-30-58(66)73)49-20-3-11-35-63(49)75(47-44-42-46(43-45-47)48-24-17-26-52-50-21-4-16-41-69(50)78-72(48)52)64-36-19-34-62-71(64)54-23-2-6-28-56(54)74(62)59-31-9-14-39-67(59)77-68-40-15-10-32-60(68)74/h1-45H. The Labute approximate surface area is 456 Å². The number of ether oxygens (including phenoxy) is 2. The maximum absolute atomic E-state index is 6.79. The average molecular weight is 1010 g/mol. The minimum absolute atomic E-state index is 0.607. The first-order chi connectivity index (χ1) is 38.7. The summed E-state index contributed by atoms with van der Waals surface area (Å²) in [6.07, 6.45) is 0. The molecule has 364 valence electrons. The zero-order valence-corrected chi connectivity index (χ0v) is 43.0. The van der Waals surface area contributed by atoms with Gasteiger partial charge in [0, 0.05) is 59.2 Å². The van der Waals surface area contributed by atoms with Crippen molar-refractivity contribution in [2.75, 3.05) is 4.90 Å². The number of para-hydroxylation sites is 5. The highest BCUT2D eigenvalue weighted by molar-refractivity contribution is 7.26. The Morgan fingerprint density at radius 3 is 1.31 bits per heavy atom. The van der Waals surface area contributed by atoms with Crippen LogP contribution in [0.3, 0.4) is 0 Å². The van der Waals surface area contributed by atoms with Crippen LogP contribution in [-0.4, -0.2) is 0 Å². The number of rotatable bonds is 5. The molecule has 1 aromatic heterocycles. The number of fused-ring (bicyclic) bond motifs is 21. The van der Waals surface area contributed by atoms with Crippen LogP contribution >= 0.6 is 11.3 Å². The number of hydrogen-bond acceptors (Lipinski definition) is 4. The van der Waals surface area contributed by atoms with Crippen molar-refractivity contribution >= 4 is 48.6 Å². The third-order valence-electron chi connectivity index (χ3n) is 17.2. The Hall–Kier alpha value is -9.74. The highest BCUT2D eigenvalue weighted by Gasteiger charge is 2.53. The molecule has 2 spiro atoms. The molecule has 0 N–H and O–H groups in total. The molecule has 4 aliphatic rings. The predicted molar refractivity (Wildman–Crippen MR) is 320 cm³/mol. The molecule has 4 heteroatoms. The van der Waals surface area contributed by atoms with E-state index in [1.807, 2.05) is 11.3 Å². The van der Waals surface area contributed by atoms with Crippen LogP contribution in [0.4, 0.5) is 17.1 Å². The molecule has 0 amide bonds. The fraction of sp³-hybridized carbons (Fsp3) is 0.0270. The molecule has 2 aliphatic carbocycles. The molecule has 2 aliphatic heterocycles. The summed E-state index contributed by atoms with van der Waals surface area (Å²) in [5.41, 5.74) is 21.2. The number of benzene rings is 12. The lowest BCUT2D eigenvalue weighted by molar-refractivity contribution is 0.436. The fourth-order valence-electron chi connectivity index (χ4n) is 14.3. The lowest BCUT2D eigenvalue weighted by Gasteiger charge is -2.39. The summed E-state index contributed by atoms with van der Waals surface area (Å²) in [4.78, 5) is 2.54. The lowest BCUT2D eigenvalue weighted by atomic mass is 9.66. The minimum Gasteiger partial charge on any atom is -0.457 e. The Bertz CT molecular complexity index is 4570. The van der Waals surface area contributed by atoms with Gasteiger partial charge in [0.05, 0.1) is 22.2 Å². The molecular weight excluding hydrogens is 967 g/mol. The van der Waals surface area contributed by atoms with Gasteiger partial charge in [0.15, 0.2) is 0 Å². The molecule has 3 heterocycles. The van der Waals surface area contributed by atoms with Crippen LogP contribution in [0.15, 0.2) is 273 Å². The molecule has 3 nitrogen and oxygen atoms in total. The monoisotopic (exact) mass is 1010 g/mol. The van der Waals surface area contributed by atoms with Gasteiger partial charge in [-0.2, -0.15) is 0 Å².